The maximum atomic E-state index is 11.6. The first-order valence-corrected chi connectivity index (χ1v) is 5.86. The number of carbonyl (C=O) groups excluding carboxylic acids is 1. The molecular formula is C16H13NO2. The average Bonchev–Trinajstić information content (AvgIpc) is 2.47. The summed E-state index contributed by atoms with van der Waals surface area (Å²) in [4.78, 5) is 11.6. The molecular weight excluding hydrogens is 238 g/mol. The lowest BCUT2D eigenvalue weighted by molar-refractivity contribution is -0.111. The molecule has 0 saturated heterocycles. The minimum Gasteiger partial charge on any atom is -0.392 e. The number of benzene rings is 2. The lowest BCUT2D eigenvalue weighted by Gasteiger charge is -2.01. The second-order valence-corrected chi connectivity index (χ2v) is 3.93. The molecule has 0 aliphatic heterocycles. The average molecular weight is 251 g/mol. The first-order valence-electron chi connectivity index (χ1n) is 5.86. The summed E-state index contributed by atoms with van der Waals surface area (Å²) in [6, 6.07) is 16.3. The largest absolute Gasteiger partial charge is 0.392 e. The Hall–Kier alpha value is -2.57. The van der Waals surface area contributed by atoms with E-state index in [0.717, 1.165) is 11.1 Å². The van der Waals surface area contributed by atoms with Crippen LogP contribution in [0.25, 0.3) is 0 Å². The van der Waals surface area contributed by atoms with E-state index in [1.165, 1.54) is 0 Å². The molecule has 2 N–H and O–H groups in total. The molecule has 94 valence electrons. The highest BCUT2D eigenvalue weighted by Gasteiger charge is 1.97. The van der Waals surface area contributed by atoms with Crippen LogP contribution < -0.4 is 5.32 Å². The summed E-state index contributed by atoms with van der Waals surface area (Å²) in [6.07, 6.45) is 0. The van der Waals surface area contributed by atoms with Crippen molar-refractivity contribution < 1.29 is 9.90 Å². The number of hydrogen-bond acceptors (Lipinski definition) is 2. The topological polar surface area (TPSA) is 49.3 Å². The van der Waals surface area contributed by atoms with E-state index in [4.69, 9.17) is 5.11 Å². The summed E-state index contributed by atoms with van der Waals surface area (Å²) >= 11 is 0. The van der Waals surface area contributed by atoms with Crippen LogP contribution in [0.5, 0.6) is 0 Å². The van der Waals surface area contributed by atoms with Gasteiger partial charge in [-0.15, -0.1) is 0 Å². The first-order chi connectivity index (χ1) is 9.28. The van der Waals surface area contributed by atoms with Crippen molar-refractivity contribution in [3.8, 4) is 11.8 Å². The minimum atomic E-state index is -0.361. The van der Waals surface area contributed by atoms with E-state index in [1.54, 1.807) is 24.3 Å². The van der Waals surface area contributed by atoms with E-state index in [0.29, 0.717) is 5.69 Å². The maximum Gasteiger partial charge on any atom is 0.300 e. The molecule has 3 nitrogen and oxygen atoms in total. The van der Waals surface area contributed by atoms with Gasteiger partial charge in [-0.25, -0.2) is 0 Å². The number of aliphatic hydroxyl groups excluding tert-OH is 1. The molecule has 2 aromatic carbocycles. The second kappa shape index (κ2) is 6.39. The van der Waals surface area contributed by atoms with E-state index >= 15 is 0 Å². The molecule has 0 bridgehead atoms. The first kappa shape index (κ1) is 12.9. The van der Waals surface area contributed by atoms with Gasteiger partial charge in [0, 0.05) is 17.2 Å². The van der Waals surface area contributed by atoms with Crippen LogP contribution in [0.15, 0.2) is 54.6 Å². The van der Waals surface area contributed by atoms with Crippen LogP contribution in [0.4, 0.5) is 5.69 Å². The number of carbonyl (C=O) groups is 1. The van der Waals surface area contributed by atoms with E-state index in [9.17, 15) is 4.79 Å². The molecule has 2 aromatic rings. The molecule has 19 heavy (non-hydrogen) atoms. The fourth-order valence-electron chi connectivity index (χ4n) is 1.51. The molecule has 3 heteroatoms. The molecule has 0 aliphatic carbocycles. The Labute approximate surface area is 111 Å². The molecule has 0 heterocycles. The summed E-state index contributed by atoms with van der Waals surface area (Å²) in [5.41, 5.74) is 2.26. The highest BCUT2D eigenvalue weighted by molar-refractivity contribution is 6.04. The lowest BCUT2D eigenvalue weighted by Crippen LogP contribution is -2.08. The van der Waals surface area contributed by atoms with Crippen molar-refractivity contribution in [2.45, 2.75) is 6.61 Å². The van der Waals surface area contributed by atoms with Crippen LogP contribution in [-0.2, 0) is 11.4 Å². The fraction of sp³-hybridized carbons (Fsp3) is 0.0625. The quantitative estimate of drug-likeness (QED) is 0.804. The van der Waals surface area contributed by atoms with E-state index < -0.39 is 0 Å². The zero-order chi connectivity index (χ0) is 13.5. The molecule has 0 radical (unpaired) electrons. The van der Waals surface area contributed by atoms with E-state index in [2.05, 4.69) is 17.2 Å². The van der Waals surface area contributed by atoms with Gasteiger partial charge in [0.1, 0.15) is 0 Å². The van der Waals surface area contributed by atoms with Crippen LogP contribution >= 0.6 is 0 Å². The number of amides is 1. The van der Waals surface area contributed by atoms with Gasteiger partial charge in [0.15, 0.2) is 0 Å². The highest BCUT2D eigenvalue weighted by atomic mass is 16.3. The van der Waals surface area contributed by atoms with Gasteiger partial charge in [0.2, 0.25) is 0 Å². The molecule has 2 rings (SSSR count). The Morgan fingerprint density at radius 3 is 2.37 bits per heavy atom. The number of aliphatic hydroxyl groups is 1. The molecule has 0 aromatic heterocycles. The summed E-state index contributed by atoms with van der Waals surface area (Å²) < 4.78 is 0. The van der Waals surface area contributed by atoms with Gasteiger partial charge in [-0.05, 0) is 29.8 Å². The Bertz CT molecular complexity index is 607. The standard InChI is InChI=1S/C16H13NO2/c18-12-14-6-9-15(10-7-14)17-16(19)11-8-13-4-2-1-3-5-13/h1-7,9-10,18H,12H2,(H,17,19). The molecule has 0 fully saturated rings. The zero-order valence-corrected chi connectivity index (χ0v) is 10.3. The van der Waals surface area contributed by atoms with Gasteiger partial charge in [-0.1, -0.05) is 36.3 Å². The van der Waals surface area contributed by atoms with E-state index in [1.807, 2.05) is 30.3 Å². The van der Waals surface area contributed by atoms with Crippen LogP contribution in [-0.4, -0.2) is 11.0 Å². The second-order valence-electron chi connectivity index (χ2n) is 3.93. The maximum absolute atomic E-state index is 11.6. The van der Waals surface area contributed by atoms with Crippen LogP contribution in [0.3, 0.4) is 0 Å². The van der Waals surface area contributed by atoms with Crippen LogP contribution in [0, 0.1) is 11.8 Å². The summed E-state index contributed by atoms with van der Waals surface area (Å²) in [5, 5.41) is 11.6. The molecule has 0 unspecified atom stereocenters. The van der Waals surface area contributed by atoms with Gasteiger partial charge >= 0.3 is 5.91 Å². The van der Waals surface area contributed by atoms with Crippen molar-refractivity contribution >= 4 is 11.6 Å². The molecule has 0 saturated carbocycles. The third-order valence-corrected chi connectivity index (χ3v) is 2.49. The molecule has 1 amide bonds. The Kier molecular flexibility index (Phi) is 4.33. The molecule has 0 aliphatic rings. The van der Waals surface area contributed by atoms with Crippen molar-refractivity contribution in [1.29, 1.82) is 0 Å². The highest BCUT2D eigenvalue weighted by Crippen LogP contribution is 2.09. The minimum absolute atomic E-state index is 0.0119. The monoisotopic (exact) mass is 251 g/mol. The van der Waals surface area contributed by atoms with Gasteiger partial charge in [-0.3, -0.25) is 4.79 Å². The number of anilines is 1. The van der Waals surface area contributed by atoms with Crippen molar-refractivity contribution in [3.05, 3.63) is 65.7 Å². The number of nitrogens with one attached hydrogen (secondary N) is 1. The van der Waals surface area contributed by atoms with Gasteiger partial charge < -0.3 is 10.4 Å². The Morgan fingerprint density at radius 2 is 1.74 bits per heavy atom. The predicted octanol–water partition coefficient (Wildman–Crippen LogP) is 2.17. The molecule has 0 atom stereocenters. The van der Waals surface area contributed by atoms with Crippen LogP contribution in [0.1, 0.15) is 11.1 Å². The summed E-state index contributed by atoms with van der Waals surface area (Å²) in [5.74, 6) is 4.95. The van der Waals surface area contributed by atoms with Crippen LogP contribution in [0.2, 0.25) is 0 Å². The summed E-state index contributed by atoms with van der Waals surface area (Å²) in [6.45, 7) is -0.0119. The smallest absolute Gasteiger partial charge is 0.300 e. The normalized spacial score (nSPS) is 9.32. The van der Waals surface area contributed by atoms with Gasteiger partial charge in [-0.2, -0.15) is 0 Å². The fourth-order valence-corrected chi connectivity index (χ4v) is 1.51. The molecule has 0 spiro atoms. The third kappa shape index (κ3) is 3.98. The Morgan fingerprint density at radius 1 is 1.05 bits per heavy atom. The van der Waals surface area contributed by atoms with Gasteiger partial charge in [0.05, 0.1) is 6.61 Å². The van der Waals surface area contributed by atoms with Gasteiger partial charge in [0.25, 0.3) is 0 Å². The van der Waals surface area contributed by atoms with E-state index in [-0.39, 0.29) is 12.5 Å². The SMILES string of the molecule is O=C(C#Cc1ccccc1)Nc1ccc(CO)cc1. The number of rotatable bonds is 2. The number of hydrogen-bond donors (Lipinski definition) is 2. The van der Waals surface area contributed by atoms with Crippen molar-refractivity contribution in [3.63, 3.8) is 0 Å². The Balaban J connectivity index is 1.99. The van der Waals surface area contributed by atoms with Crippen molar-refractivity contribution in [2.24, 2.45) is 0 Å². The zero-order valence-electron chi connectivity index (χ0n) is 10.3. The lowest BCUT2D eigenvalue weighted by atomic mass is 10.2. The summed E-state index contributed by atoms with van der Waals surface area (Å²) in [7, 11) is 0. The van der Waals surface area contributed by atoms with Crippen molar-refractivity contribution in [2.75, 3.05) is 5.32 Å². The van der Waals surface area contributed by atoms with Crippen molar-refractivity contribution in [1.82, 2.24) is 0 Å². The predicted molar refractivity (Wildman–Crippen MR) is 74.3 cm³/mol. The third-order valence-electron chi connectivity index (χ3n) is 2.49.